The molecule has 0 spiro atoms. The van der Waals surface area contributed by atoms with Gasteiger partial charge < -0.3 is 9.97 Å². The molecule has 0 saturated heterocycles. The van der Waals surface area contributed by atoms with Gasteiger partial charge in [-0.3, -0.25) is 0 Å². The first kappa shape index (κ1) is 34.3. The van der Waals surface area contributed by atoms with E-state index in [0.29, 0.717) is 0 Å². The van der Waals surface area contributed by atoms with Crippen molar-refractivity contribution in [3.8, 4) is 44.5 Å². The van der Waals surface area contributed by atoms with Gasteiger partial charge in [-0.1, -0.05) is 144 Å². The van der Waals surface area contributed by atoms with Crippen molar-refractivity contribution in [3.05, 3.63) is 166 Å². The van der Waals surface area contributed by atoms with Gasteiger partial charge in [0.1, 0.15) is 0 Å². The molecule has 8 bridgehead atoms. The van der Waals surface area contributed by atoms with Gasteiger partial charge in [0.15, 0.2) is 0 Å². The van der Waals surface area contributed by atoms with Crippen molar-refractivity contribution in [3.63, 3.8) is 0 Å². The van der Waals surface area contributed by atoms with Gasteiger partial charge in [0.05, 0.1) is 22.8 Å². The van der Waals surface area contributed by atoms with Gasteiger partial charge in [0.2, 0.25) is 0 Å². The van der Waals surface area contributed by atoms with Crippen molar-refractivity contribution in [1.82, 2.24) is 19.9 Å². The smallest absolute Gasteiger partial charge is 0.657 e. The summed E-state index contributed by atoms with van der Waals surface area (Å²) in [6.07, 6.45) is 8.48. The third-order valence-electron chi connectivity index (χ3n) is 9.97. The summed E-state index contributed by atoms with van der Waals surface area (Å²) in [5, 5.41) is 0. The van der Waals surface area contributed by atoms with E-state index in [-0.39, 0.29) is 21.1 Å². The van der Waals surface area contributed by atoms with Crippen LogP contribution in [-0.4, -0.2) is 9.97 Å². The quantitative estimate of drug-likeness (QED) is 0.177. The zero-order valence-electron chi connectivity index (χ0n) is 30.0. The van der Waals surface area contributed by atoms with Crippen molar-refractivity contribution in [2.75, 3.05) is 0 Å². The Labute approximate surface area is 324 Å². The average molecular weight is 864 g/mol. The number of hydrogen-bond donors (Lipinski definition) is 0. The summed E-state index contributed by atoms with van der Waals surface area (Å²) in [6, 6.07) is 43.0. The van der Waals surface area contributed by atoms with E-state index in [1.165, 1.54) is 22.3 Å². The molecule has 3 aromatic heterocycles. The summed E-state index contributed by atoms with van der Waals surface area (Å²) in [4.78, 5) is 21.5. The Kier molecular flexibility index (Phi) is 9.02. The van der Waals surface area contributed by atoms with E-state index < -0.39 is 0 Å². The van der Waals surface area contributed by atoms with E-state index in [1.807, 2.05) is 0 Å². The van der Waals surface area contributed by atoms with Crippen LogP contribution >= 0.6 is 0 Å². The SMILES string of the molecule is Cc1ccc(-c2c3nc(c(-c4ccc(C)cc4)c4ccc([n-]4)c(-c4ccc(C)cc4)c4nc(c(-c5ccc(C)cc5)c5ccc2[n-]5)C=C4)C=C3)cc1.[Pt+2]. The van der Waals surface area contributed by atoms with Crippen LogP contribution in [0.15, 0.2) is 121 Å². The molecule has 0 atom stereocenters. The van der Waals surface area contributed by atoms with E-state index in [1.54, 1.807) is 0 Å². The Morgan fingerprint density at radius 2 is 0.509 bits per heavy atom. The van der Waals surface area contributed by atoms with E-state index in [9.17, 15) is 0 Å². The number of nitrogens with zero attached hydrogens (tertiary/aromatic N) is 4. The van der Waals surface area contributed by atoms with E-state index in [2.05, 4.69) is 173 Å². The standard InChI is InChI=1S/C48H36N4.Pt/c1-29-5-13-33(14-6-29)45-37-21-23-39(49-37)46(34-15-7-30(2)8-16-34)41-25-27-43(51-41)48(36-19-11-32(4)12-20-36)44-28-26-42(52-44)47(40-24-22-38(45)50-40)35-17-9-31(3)10-18-35;/h5-28H,1-4H3;/q-2;+2. The first-order chi connectivity index (χ1) is 25.4. The maximum absolute atomic E-state index is 5.37. The van der Waals surface area contributed by atoms with Crippen molar-refractivity contribution in [2.45, 2.75) is 27.7 Å². The molecule has 53 heavy (non-hydrogen) atoms. The molecule has 5 heteroatoms. The van der Waals surface area contributed by atoms with Gasteiger partial charge in [-0.15, -0.1) is 22.1 Å². The van der Waals surface area contributed by atoms with E-state index >= 15 is 0 Å². The zero-order valence-corrected chi connectivity index (χ0v) is 32.2. The third kappa shape index (κ3) is 6.45. The fourth-order valence-electron chi connectivity index (χ4n) is 7.15. The fourth-order valence-corrected chi connectivity index (χ4v) is 7.15. The molecule has 5 heterocycles. The second-order valence-electron chi connectivity index (χ2n) is 13.8. The number of rotatable bonds is 4. The van der Waals surface area contributed by atoms with Crippen LogP contribution in [0.4, 0.5) is 0 Å². The second-order valence-corrected chi connectivity index (χ2v) is 13.8. The molecule has 0 fully saturated rings. The van der Waals surface area contributed by atoms with Crippen molar-refractivity contribution >= 4 is 46.4 Å². The Balaban J connectivity index is 0.00000400. The Bertz CT molecular complexity index is 2350. The molecule has 0 aliphatic carbocycles. The van der Waals surface area contributed by atoms with Gasteiger partial charge in [-0.2, -0.15) is 0 Å². The summed E-state index contributed by atoms with van der Waals surface area (Å²) in [6.45, 7) is 8.45. The fraction of sp³-hybridized carbons (Fsp3) is 0.0833. The first-order valence-electron chi connectivity index (χ1n) is 17.7. The summed E-state index contributed by atoms with van der Waals surface area (Å²) >= 11 is 0. The van der Waals surface area contributed by atoms with E-state index in [0.717, 1.165) is 89.4 Å². The molecule has 4 nitrogen and oxygen atoms in total. The van der Waals surface area contributed by atoms with Crippen LogP contribution in [0.2, 0.25) is 0 Å². The van der Waals surface area contributed by atoms with Crippen LogP contribution in [-0.2, 0) is 21.1 Å². The molecule has 0 saturated carbocycles. The summed E-state index contributed by atoms with van der Waals surface area (Å²) in [5.74, 6) is 0. The topological polar surface area (TPSA) is 54.0 Å². The Hall–Kier alpha value is -5.83. The summed E-state index contributed by atoms with van der Waals surface area (Å²) < 4.78 is 0. The Morgan fingerprint density at radius 3 is 0.717 bits per heavy atom. The largest absolute Gasteiger partial charge is 2.00 e. The number of aromatic nitrogens is 4. The average Bonchev–Trinajstić information content (AvgIpc) is 3.99. The first-order valence-corrected chi connectivity index (χ1v) is 17.7. The summed E-state index contributed by atoms with van der Waals surface area (Å²) in [5.41, 5.74) is 19.9. The number of hydrogen-bond acceptors (Lipinski definition) is 2. The van der Waals surface area contributed by atoms with Crippen molar-refractivity contribution < 1.29 is 21.1 Å². The number of fused-ring (bicyclic) bond motifs is 8. The predicted octanol–water partition coefficient (Wildman–Crippen LogP) is 11.8. The molecule has 2 aliphatic heterocycles. The van der Waals surface area contributed by atoms with Gasteiger partial charge in [-0.05, 0) is 96.5 Å². The second kappa shape index (κ2) is 14.0. The van der Waals surface area contributed by atoms with E-state index in [4.69, 9.17) is 19.9 Å². The molecule has 258 valence electrons. The molecule has 4 aromatic carbocycles. The maximum Gasteiger partial charge on any atom is 2.00 e. The third-order valence-corrected chi connectivity index (χ3v) is 9.97. The van der Waals surface area contributed by atoms with Crippen molar-refractivity contribution in [1.29, 1.82) is 0 Å². The minimum absolute atomic E-state index is 0. The van der Waals surface area contributed by atoms with Gasteiger partial charge in [0, 0.05) is 0 Å². The normalized spacial score (nSPS) is 11.8. The maximum atomic E-state index is 5.37. The van der Waals surface area contributed by atoms with Crippen LogP contribution < -0.4 is 9.97 Å². The molecule has 0 N–H and O–H groups in total. The van der Waals surface area contributed by atoms with Crippen LogP contribution in [0.5, 0.6) is 0 Å². The number of benzene rings is 4. The van der Waals surface area contributed by atoms with Gasteiger partial charge in [-0.25, -0.2) is 9.97 Å². The summed E-state index contributed by atoms with van der Waals surface area (Å²) in [7, 11) is 0. The van der Waals surface area contributed by atoms with Crippen LogP contribution in [0.25, 0.3) is 90.9 Å². The predicted molar refractivity (Wildman–Crippen MR) is 217 cm³/mol. The van der Waals surface area contributed by atoms with Crippen LogP contribution in [0, 0.1) is 27.7 Å². The molecule has 0 unspecified atom stereocenters. The zero-order chi connectivity index (χ0) is 35.3. The number of aryl methyl sites for hydroxylation is 4. The minimum Gasteiger partial charge on any atom is -0.657 e. The van der Waals surface area contributed by atoms with Crippen LogP contribution in [0.1, 0.15) is 45.0 Å². The molecule has 7 aromatic rings. The molecule has 2 aliphatic rings. The van der Waals surface area contributed by atoms with Crippen LogP contribution in [0.3, 0.4) is 0 Å². The molecule has 0 radical (unpaired) electrons. The Morgan fingerprint density at radius 1 is 0.302 bits per heavy atom. The van der Waals surface area contributed by atoms with Gasteiger partial charge in [0.25, 0.3) is 0 Å². The van der Waals surface area contributed by atoms with Crippen molar-refractivity contribution in [2.24, 2.45) is 0 Å². The molecular weight excluding hydrogens is 828 g/mol. The van der Waals surface area contributed by atoms with Gasteiger partial charge >= 0.3 is 21.1 Å². The molecule has 9 rings (SSSR count). The monoisotopic (exact) mass is 863 g/mol. The molecule has 0 amide bonds. The molecular formula is C48H36N4Pt. The minimum atomic E-state index is 0.